The third-order valence-corrected chi connectivity index (χ3v) is 4.78. The Labute approximate surface area is 87.5 Å². The third-order valence-electron chi connectivity index (χ3n) is 2.30. The van der Waals surface area contributed by atoms with Crippen LogP contribution in [0.5, 0.6) is 0 Å². The summed E-state index contributed by atoms with van der Waals surface area (Å²) in [7, 11) is -1.42. The molecule has 0 bridgehead atoms. The van der Waals surface area contributed by atoms with Gasteiger partial charge in [-0.1, -0.05) is 37.3 Å². The highest BCUT2D eigenvalue weighted by atomic mass is 28.4. The molecule has 1 aromatic rings. The van der Waals surface area contributed by atoms with E-state index >= 15 is 0 Å². The van der Waals surface area contributed by atoms with E-state index in [1.54, 1.807) is 0 Å². The molecular weight excluding hydrogens is 188 g/mol. The first-order valence-electron chi connectivity index (χ1n) is 5.03. The monoisotopic (exact) mass is 206 g/mol. The summed E-state index contributed by atoms with van der Waals surface area (Å²) in [6, 6.07) is 11.4. The van der Waals surface area contributed by atoms with Crippen molar-refractivity contribution < 1.29 is 4.43 Å². The Hall–Kier alpha value is -1.02. The van der Waals surface area contributed by atoms with E-state index in [9.17, 15) is 0 Å². The molecule has 1 nitrogen and oxygen atoms in total. The lowest BCUT2D eigenvalue weighted by molar-refractivity contribution is 0.476. The molecule has 0 fully saturated rings. The summed E-state index contributed by atoms with van der Waals surface area (Å²) in [4.78, 5) is 0. The molecule has 0 atom stereocenters. The van der Waals surface area contributed by atoms with Crippen LogP contribution in [0.15, 0.2) is 36.6 Å². The highest BCUT2D eigenvalue weighted by Crippen LogP contribution is 2.11. The molecule has 1 rings (SSSR count). The zero-order valence-electron chi connectivity index (χ0n) is 9.16. The molecule has 0 saturated heterocycles. The molecule has 0 spiro atoms. The fraction of sp³-hybridized carbons (Fsp3) is 0.333. The summed E-state index contributed by atoms with van der Waals surface area (Å²) in [5, 5.41) is 0. The summed E-state index contributed by atoms with van der Waals surface area (Å²) >= 11 is 0. The molecule has 0 N–H and O–H groups in total. The van der Waals surface area contributed by atoms with E-state index in [1.807, 2.05) is 30.5 Å². The quantitative estimate of drug-likeness (QED) is 0.536. The average Bonchev–Trinajstić information content (AvgIpc) is 2.19. The van der Waals surface area contributed by atoms with Crippen LogP contribution in [0.3, 0.4) is 0 Å². The first-order chi connectivity index (χ1) is 6.64. The molecule has 0 amide bonds. The molecule has 0 aliphatic carbocycles. The van der Waals surface area contributed by atoms with Crippen molar-refractivity contribution in [3.63, 3.8) is 0 Å². The van der Waals surface area contributed by atoms with Gasteiger partial charge in [-0.05, 0) is 30.8 Å². The Balaban J connectivity index is 2.50. The largest absolute Gasteiger partial charge is 0.549 e. The van der Waals surface area contributed by atoms with Gasteiger partial charge in [0, 0.05) is 0 Å². The fourth-order valence-electron chi connectivity index (χ4n) is 0.944. The van der Waals surface area contributed by atoms with Crippen molar-refractivity contribution in [3.05, 3.63) is 42.2 Å². The van der Waals surface area contributed by atoms with E-state index in [0.717, 1.165) is 6.04 Å². The van der Waals surface area contributed by atoms with E-state index in [1.165, 1.54) is 5.56 Å². The standard InChI is InChI=1S/C12H18OSi/c1-4-14(2,3)13-11-10-12-8-6-5-7-9-12/h5-11H,4H2,1-3H3/b11-10+. The second-order valence-electron chi connectivity index (χ2n) is 3.94. The van der Waals surface area contributed by atoms with Crippen molar-refractivity contribution in [3.8, 4) is 0 Å². The molecule has 76 valence electrons. The van der Waals surface area contributed by atoms with Gasteiger partial charge in [0.1, 0.15) is 0 Å². The Morgan fingerprint density at radius 1 is 1.21 bits per heavy atom. The van der Waals surface area contributed by atoms with Crippen molar-refractivity contribution in [2.24, 2.45) is 0 Å². The Kier molecular flexibility index (Phi) is 3.95. The number of hydrogen-bond donors (Lipinski definition) is 0. The summed E-state index contributed by atoms with van der Waals surface area (Å²) in [5.74, 6) is 0. The third kappa shape index (κ3) is 3.79. The zero-order valence-corrected chi connectivity index (χ0v) is 10.2. The number of hydrogen-bond acceptors (Lipinski definition) is 1. The minimum Gasteiger partial charge on any atom is -0.549 e. The second kappa shape index (κ2) is 5.01. The van der Waals surface area contributed by atoms with Gasteiger partial charge in [-0.15, -0.1) is 0 Å². The van der Waals surface area contributed by atoms with E-state index in [4.69, 9.17) is 4.43 Å². The Bertz CT molecular complexity index is 290. The number of rotatable bonds is 4. The average molecular weight is 206 g/mol. The normalized spacial score (nSPS) is 11.9. The highest BCUT2D eigenvalue weighted by molar-refractivity contribution is 6.71. The fourth-order valence-corrected chi connectivity index (χ4v) is 1.55. The van der Waals surface area contributed by atoms with Crippen molar-refractivity contribution in [1.29, 1.82) is 0 Å². The van der Waals surface area contributed by atoms with Gasteiger partial charge in [0.15, 0.2) is 0 Å². The molecule has 0 aromatic heterocycles. The van der Waals surface area contributed by atoms with Gasteiger partial charge in [0.2, 0.25) is 8.32 Å². The van der Waals surface area contributed by atoms with Crippen molar-refractivity contribution in [1.82, 2.24) is 0 Å². The predicted molar refractivity (Wildman–Crippen MR) is 64.5 cm³/mol. The Morgan fingerprint density at radius 3 is 2.43 bits per heavy atom. The summed E-state index contributed by atoms with van der Waals surface area (Å²) in [6.45, 7) is 6.63. The lowest BCUT2D eigenvalue weighted by Gasteiger charge is -2.18. The molecule has 0 heterocycles. The van der Waals surface area contributed by atoms with Crippen LogP contribution in [0.25, 0.3) is 6.08 Å². The topological polar surface area (TPSA) is 9.23 Å². The summed E-state index contributed by atoms with van der Waals surface area (Å²) in [6.07, 6.45) is 3.86. The lowest BCUT2D eigenvalue weighted by Crippen LogP contribution is -2.26. The van der Waals surface area contributed by atoms with E-state index in [-0.39, 0.29) is 0 Å². The smallest absolute Gasteiger partial charge is 0.244 e. The van der Waals surface area contributed by atoms with Crippen molar-refractivity contribution in [2.45, 2.75) is 26.1 Å². The van der Waals surface area contributed by atoms with Crippen LogP contribution in [-0.4, -0.2) is 8.32 Å². The Morgan fingerprint density at radius 2 is 1.86 bits per heavy atom. The first kappa shape index (κ1) is 11.1. The minimum absolute atomic E-state index is 1.14. The molecule has 0 aliphatic heterocycles. The molecular formula is C12H18OSi. The molecule has 1 aromatic carbocycles. The predicted octanol–water partition coefficient (Wildman–Crippen LogP) is 3.90. The first-order valence-corrected chi connectivity index (χ1v) is 8.15. The van der Waals surface area contributed by atoms with Crippen LogP contribution in [0, 0.1) is 0 Å². The molecule has 0 saturated carbocycles. The number of benzene rings is 1. The van der Waals surface area contributed by atoms with Crippen LogP contribution >= 0.6 is 0 Å². The van der Waals surface area contributed by atoms with E-state index in [2.05, 4.69) is 32.2 Å². The molecule has 14 heavy (non-hydrogen) atoms. The molecule has 0 radical (unpaired) electrons. The van der Waals surface area contributed by atoms with Gasteiger partial charge in [0.05, 0.1) is 6.26 Å². The van der Waals surface area contributed by atoms with Gasteiger partial charge in [-0.25, -0.2) is 0 Å². The highest BCUT2D eigenvalue weighted by Gasteiger charge is 2.18. The minimum atomic E-state index is -1.42. The summed E-state index contributed by atoms with van der Waals surface area (Å²) in [5.41, 5.74) is 1.19. The van der Waals surface area contributed by atoms with Crippen LogP contribution in [0.1, 0.15) is 12.5 Å². The van der Waals surface area contributed by atoms with Crippen molar-refractivity contribution >= 4 is 14.4 Å². The van der Waals surface area contributed by atoms with E-state index in [0.29, 0.717) is 0 Å². The van der Waals surface area contributed by atoms with Gasteiger partial charge in [0.25, 0.3) is 0 Å². The maximum absolute atomic E-state index is 5.74. The van der Waals surface area contributed by atoms with Gasteiger partial charge < -0.3 is 4.43 Å². The van der Waals surface area contributed by atoms with Crippen LogP contribution in [0.4, 0.5) is 0 Å². The maximum Gasteiger partial charge on any atom is 0.244 e. The SMILES string of the molecule is CC[Si](C)(C)O/C=C/c1ccccc1. The van der Waals surface area contributed by atoms with Gasteiger partial charge >= 0.3 is 0 Å². The molecule has 2 heteroatoms. The van der Waals surface area contributed by atoms with Gasteiger partial charge in [-0.3, -0.25) is 0 Å². The zero-order chi connectivity index (χ0) is 10.4. The maximum atomic E-state index is 5.74. The van der Waals surface area contributed by atoms with Crippen LogP contribution in [-0.2, 0) is 4.43 Å². The molecule has 0 aliphatic rings. The summed E-state index contributed by atoms with van der Waals surface area (Å²) < 4.78 is 5.74. The van der Waals surface area contributed by atoms with Crippen molar-refractivity contribution in [2.75, 3.05) is 0 Å². The van der Waals surface area contributed by atoms with Crippen LogP contribution in [0.2, 0.25) is 19.1 Å². The van der Waals surface area contributed by atoms with Crippen LogP contribution < -0.4 is 0 Å². The lowest BCUT2D eigenvalue weighted by atomic mass is 10.2. The second-order valence-corrected chi connectivity index (χ2v) is 8.41. The van der Waals surface area contributed by atoms with E-state index < -0.39 is 8.32 Å². The molecule has 0 unspecified atom stereocenters. The van der Waals surface area contributed by atoms with Gasteiger partial charge in [-0.2, -0.15) is 0 Å².